The second-order valence-electron chi connectivity index (χ2n) is 5.26. The fraction of sp³-hybridized carbons (Fsp3) is 0.769. The molecule has 0 bridgehead atoms. The number of aromatic nitrogens is 1. The van der Waals surface area contributed by atoms with Crippen LogP contribution in [-0.4, -0.2) is 41.5 Å². The lowest BCUT2D eigenvalue weighted by molar-refractivity contribution is 0.273. The van der Waals surface area contributed by atoms with Crippen molar-refractivity contribution < 1.29 is 0 Å². The predicted molar refractivity (Wildman–Crippen MR) is 79.5 cm³/mol. The molecule has 1 aromatic heterocycles. The highest BCUT2D eigenvalue weighted by atomic mass is 32.2. The molecule has 18 heavy (non-hydrogen) atoms. The first kappa shape index (κ1) is 12.9. The van der Waals surface area contributed by atoms with Crippen LogP contribution in [0.3, 0.4) is 0 Å². The first-order chi connectivity index (χ1) is 8.79. The van der Waals surface area contributed by atoms with Crippen LogP contribution < -0.4 is 5.73 Å². The van der Waals surface area contributed by atoms with E-state index < -0.39 is 0 Å². The zero-order valence-corrected chi connectivity index (χ0v) is 12.5. The summed E-state index contributed by atoms with van der Waals surface area (Å²) in [6.07, 6.45) is 3.72. The number of nitrogens with zero attached hydrogens (tertiary/aromatic N) is 2. The van der Waals surface area contributed by atoms with Gasteiger partial charge in [-0.05, 0) is 26.3 Å². The lowest BCUT2D eigenvalue weighted by Gasteiger charge is -2.30. The molecule has 1 saturated heterocycles. The summed E-state index contributed by atoms with van der Waals surface area (Å²) < 4.78 is 0. The summed E-state index contributed by atoms with van der Waals surface area (Å²) in [6.45, 7) is 1.94. The lowest BCUT2D eigenvalue weighted by atomic mass is 9.91. The molecular weight excluding hydrogens is 262 g/mol. The van der Waals surface area contributed by atoms with Gasteiger partial charge in [-0.15, -0.1) is 11.3 Å². The van der Waals surface area contributed by atoms with Gasteiger partial charge in [-0.3, -0.25) is 4.90 Å². The van der Waals surface area contributed by atoms with E-state index in [1.54, 1.807) is 0 Å². The number of fused-ring (bicyclic) bond motifs is 1. The minimum Gasteiger partial charge on any atom is -0.330 e. The van der Waals surface area contributed by atoms with Gasteiger partial charge in [0.25, 0.3) is 0 Å². The third-order valence-corrected chi connectivity index (χ3v) is 6.31. The number of hydrogen-bond donors (Lipinski definition) is 1. The molecule has 100 valence electrons. The molecular formula is C13H21N3S2. The van der Waals surface area contributed by atoms with E-state index >= 15 is 0 Å². The highest BCUT2D eigenvalue weighted by Crippen LogP contribution is 2.38. The van der Waals surface area contributed by atoms with Crippen LogP contribution in [0.15, 0.2) is 0 Å². The molecule has 2 heterocycles. The molecule has 2 N–H and O–H groups in total. The Balaban J connectivity index is 1.87. The number of rotatable bonds is 2. The molecule has 1 aromatic rings. The van der Waals surface area contributed by atoms with Crippen LogP contribution in [0.5, 0.6) is 0 Å². The zero-order valence-electron chi connectivity index (χ0n) is 10.9. The molecule has 2 unspecified atom stereocenters. The summed E-state index contributed by atoms with van der Waals surface area (Å²) in [5.41, 5.74) is 7.21. The van der Waals surface area contributed by atoms with Crippen molar-refractivity contribution in [2.24, 2.45) is 5.73 Å². The molecule has 2 atom stereocenters. The fourth-order valence-electron chi connectivity index (χ4n) is 2.84. The van der Waals surface area contributed by atoms with Crippen molar-refractivity contribution in [1.29, 1.82) is 0 Å². The van der Waals surface area contributed by atoms with E-state index in [9.17, 15) is 0 Å². The molecule has 1 fully saturated rings. The Labute approximate surface area is 117 Å². The summed E-state index contributed by atoms with van der Waals surface area (Å²) in [6, 6.07) is 0.526. The molecule has 0 aromatic carbocycles. The molecule has 0 radical (unpaired) electrons. The van der Waals surface area contributed by atoms with Crippen LogP contribution in [0, 0.1) is 0 Å². The molecule has 2 aliphatic rings. The van der Waals surface area contributed by atoms with Gasteiger partial charge in [-0.25, -0.2) is 4.98 Å². The number of nitrogens with two attached hydrogens (primary N) is 1. The summed E-state index contributed by atoms with van der Waals surface area (Å²) in [5.74, 6) is 2.96. The maximum Gasteiger partial charge on any atom is 0.111 e. The summed E-state index contributed by atoms with van der Waals surface area (Å²) in [5, 5.41) is 1.33. The summed E-state index contributed by atoms with van der Waals surface area (Å²) in [4.78, 5) is 8.93. The fourth-order valence-corrected chi connectivity index (χ4v) is 5.53. The molecule has 3 rings (SSSR count). The van der Waals surface area contributed by atoms with Crippen molar-refractivity contribution >= 4 is 23.1 Å². The first-order valence-electron chi connectivity index (χ1n) is 6.77. The van der Waals surface area contributed by atoms with Gasteiger partial charge in [-0.2, -0.15) is 11.8 Å². The standard InChI is InChI=1S/C13H21N3S2/c1-16-5-6-17-8-10(16)13-15-12-9(7-14)3-2-4-11(12)18-13/h9-10H,2-8,14H2,1H3. The summed E-state index contributed by atoms with van der Waals surface area (Å²) >= 11 is 4.00. The van der Waals surface area contributed by atoms with Gasteiger partial charge in [0.1, 0.15) is 5.01 Å². The Morgan fingerprint density at radius 3 is 3.17 bits per heavy atom. The van der Waals surface area contributed by atoms with Crippen molar-refractivity contribution in [2.45, 2.75) is 31.2 Å². The van der Waals surface area contributed by atoms with Gasteiger partial charge in [-0.1, -0.05) is 0 Å². The number of thiazole rings is 1. The van der Waals surface area contributed by atoms with E-state index in [4.69, 9.17) is 10.7 Å². The maximum atomic E-state index is 5.88. The maximum absolute atomic E-state index is 5.88. The monoisotopic (exact) mass is 283 g/mol. The van der Waals surface area contributed by atoms with Crippen LogP contribution >= 0.6 is 23.1 Å². The first-order valence-corrected chi connectivity index (χ1v) is 8.74. The largest absolute Gasteiger partial charge is 0.330 e. The van der Waals surface area contributed by atoms with Crippen LogP contribution in [0.4, 0.5) is 0 Å². The zero-order chi connectivity index (χ0) is 12.5. The Hall–Kier alpha value is -0.100. The van der Waals surface area contributed by atoms with Gasteiger partial charge in [0.2, 0.25) is 0 Å². The van der Waals surface area contributed by atoms with Crippen molar-refractivity contribution in [1.82, 2.24) is 9.88 Å². The van der Waals surface area contributed by atoms with E-state index in [1.165, 1.54) is 52.9 Å². The SMILES string of the molecule is CN1CCSCC1c1nc2c(s1)CCCC2CN. The van der Waals surface area contributed by atoms with Crippen molar-refractivity contribution in [2.75, 3.05) is 31.6 Å². The van der Waals surface area contributed by atoms with Crippen molar-refractivity contribution in [3.05, 3.63) is 15.6 Å². The van der Waals surface area contributed by atoms with E-state index in [1.807, 2.05) is 11.3 Å². The lowest BCUT2D eigenvalue weighted by Crippen LogP contribution is -2.32. The molecule has 5 heteroatoms. The van der Waals surface area contributed by atoms with E-state index in [2.05, 4.69) is 23.7 Å². The molecule has 0 spiro atoms. The molecule has 3 nitrogen and oxygen atoms in total. The van der Waals surface area contributed by atoms with Crippen LogP contribution in [0.2, 0.25) is 0 Å². The molecule has 0 amide bonds. The van der Waals surface area contributed by atoms with Crippen molar-refractivity contribution in [3.63, 3.8) is 0 Å². The van der Waals surface area contributed by atoms with Crippen LogP contribution in [0.1, 0.15) is 40.4 Å². The highest BCUT2D eigenvalue weighted by molar-refractivity contribution is 7.99. The minimum atomic E-state index is 0.514. The van der Waals surface area contributed by atoms with Crippen LogP contribution in [0.25, 0.3) is 0 Å². The number of aryl methyl sites for hydroxylation is 1. The average Bonchev–Trinajstić information content (AvgIpc) is 2.82. The average molecular weight is 283 g/mol. The number of hydrogen-bond acceptors (Lipinski definition) is 5. The summed E-state index contributed by atoms with van der Waals surface area (Å²) in [7, 11) is 2.23. The smallest absolute Gasteiger partial charge is 0.111 e. The normalized spacial score (nSPS) is 29.2. The minimum absolute atomic E-state index is 0.514. The molecule has 0 saturated carbocycles. The highest BCUT2D eigenvalue weighted by Gasteiger charge is 2.29. The van der Waals surface area contributed by atoms with Gasteiger partial charge in [0.05, 0.1) is 11.7 Å². The second-order valence-corrected chi connectivity index (χ2v) is 7.52. The Kier molecular flexibility index (Phi) is 3.94. The Bertz CT molecular complexity index is 418. The van der Waals surface area contributed by atoms with E-state index in [0.717, 1.165) is 6.54 Å². The van der Waals surface area contributed by atoms with Gasteiger partial charge < -0.3 is 5.73 Å². The van der Waals surface area contributed by atoms with Gasteiger partial charge in [0, 0.05) is 35.4 Å². The molecule has 1 aliphatic heterocycles. The third-order valence-electron chi connectivity index (χ3n) is 4.05. The predicted octanol–water partition coefficient (Wildman–Crippen LogP) is 2.24. The Morgan fingerprint density at radius 1 is 1.50 bits per heavy atom. The van der Waals surface area contributed by atoms with Crippen molar-refractivity contribution in [3.8, 4) is 0 Å². The number of thioether (sulfide) groups is 1. The van der Waals surface area contributed by atoms with E-state index in [0.29, 0.717) is 12.0 Å². The molecule has 1 aliphatic carbocycles. The third kappa shape index (κ3) is 2.33. The Morgan fingerprint density at radius 2 is 2.39 bits per heavy atom. The second kappa shape index (κ2) is 5.49. The van der Waals surface area contributed by atoms with Gasteiger partial charge >= 0.3 is 0 Å². The van der Waals surface area contributed by atoms with Gasteiger partial charge in [0.15, 0.2) is 0 Å². The van der Waals surface area contributed by atoms with Crippen LogP contribution in [-0.2, 0) is 6.42 Å². The van der Waals surface area contributed by atoms with E-state index in [-0.39, 0.29) is 0 Å². The topological polar surface area (TPSA) is 42.2 Å². The quantitative estimate of drug-likeness (QED) is 0.904.